The summed E-state index contributed by atoms with van der Waals surface area (Å²) >= 11 is 4.46. The second-order valence-corrected chi connectivity index (χ2v) is 5.33. The van der Waals surface area contributed by atoms with E-state index in [0.717, 1.165) is 37.6 Å². The Morgan fingerprint density at radius 3 is 2.28 bits per heavy atom. The maximum atomic E-state index is 6.26. The van der Waals surface area contributed by atoms with Gasteiger partial charge >= 0.3 is 0 Å². The third-order valence-corrected chi connectivity index (χ3v) is 4.33. The summed E-state index contributed by atoms with van der Waals surface area (Å²) in [4.78, 5) is 2.45. The van der Waals surface area contributed by atoms with E-state index < -0.39 is 0 Å². The Labute approximate surface area is 115 Å². The smallest absolute Gasteiger partial charge is 0.0450 e. The number of thiol groups is 1. The fraction of sp³-hybridized carbons (Fsp3) is 0.571. The number of hydrogen-bond acceptors (Lipinski definition) is 4. The Bertz CT molecular complexity index is 451. The molecule has 1 aliphatic heterocycles. The fourth-order valence-corrected chi connectivity index (χ4v) is 3.35. The normalized spacial score (nSPS) is 16.1. The summed E-state index contributed by atoms with van der Waals surface area (Å²) in [7, 11) is 0. The number of anilines is 2. The van der Waals surface area contributed by atoms with Crippen molar-refractivity contribution in [3.05, 3.63) is 22.3 Å². The Hall–Kier alpha value is -0.870. The lowest BCUT2D eigenvalue weighted by molar-refractivity contribution is 0.587. The van der Waals surface area contributed by atoms with Crippen molar-refractivity contribution in [1.82, 2.24) is 5.32 Å². The van der Waals surface area contributed by atoms with Gasteiger partial charge in [-0.1, -0.05) is 0 Å². The highest BCUT2D eigenvalue weighted by molar-refractivity contribution is 7.79. The van der Waals surface area contributed by atoms with Crippen LogP contribution in [0.4, 0.5) is 11.4 Å². The molecule has 0 saturated carbocycles. The molecule has 1 heterocycles. The van der Waals surface area contributed by atoms with Crippen molar-refractivity contribution >= 4 is 24.0 Å². The van der Waals surface area contributed by atoms with Crippen molar-refractivity contribution in [3.63, 3.8) is 0 Å². The molecule has 3 nitrogen and oxygen atoms in total. The third-order valence-electron chi connectivity index (χ3n) is 4.02. The van der Waals surface area contributed by atoms with Crippen molar-refractivity contribution in [3.8, 4) is 0 Å². The fourth-order valence-electron chi connectivity index (χ4n) is 2.88. The van der Waals surface area contributed by atoms with Gasteiger partial charge in [0.25, 0.3) is 0 Å². The number of nitrogens with zero attached hydrogens (tertiary/aromatic N) is 1. The molecule has 2 rings (SSSR count). The molecular formula is C14H23N3S. The van der Waals surface area contributed by atoms with Crippen LogP contribution in [0.3, 0.4) is 0 Å². The first-order chi connectivity index (χ1) is 8.57. The molecule has 1 aromatic carbocycles. The average Bonchev–Trinajstić information content (AvgIpc) is 2.38. The van der Waals surface area contributed by atoms with Crippen LogP contribution in [0.2, 0.25) is 0 Å². The maximum Gasteiger partial charge on any atom is 0.0450 e. The maximum absolute atomic E-state index is 6.26. The summed E-state index contributed by atoms with van der Waals surface area (Å²) in [6.45, 7) is 10.6. The lowest BCUT2D eigenvalue weighted by Crippen LogP contribution is -2.44. The number of rotatable bonds is 2. The Morgan fingerprint density at radius 2 is 1.72 bits per heavy atom. The van der Waals surface area contributed by atoms with Crippen molar-refractivity contribution in [1.29, 1.82) is 0 Å². The minimum Gasteiger partial charge on any atom is -0.398 e. The lowest BCUT2D eigenvalue weighted by atomic mass is 9.95. The van der Waals surface area contributed by atoms with Crippen LogP contribution in [0.15, 0.2) is 0 Å². The number of nitrogen functional groups attached to an aromatic ring is 1. The zero-order valence-corrected chi connectivity index (χ0v) is 12.4. The van der Waals surface area contributed by atoms with Crippen molar-refractivity contribution in [2.24, 2.45) is 0 Å². The quantitative estimate of drug-likeness (QED) is 0.566. The van der Waals surface area contributed by atoms with Gasteiger partial charge < -0.3 is 16.0 Å². The number of piperazine rings is 1. The predicted octanol–water partition coefficient (Wildman–Crippen LogP) is 2.03. The van der Waals surface area contributed by atoms with Gasteiger partial charge in [0.2, 0.25) is 0 Å². The monoisotopic (exact) mass is 265 g/mol. The summed E-state index contributed by atoms with van der Waals surface area (Å²) in [6, 6.07) is 0. The van der Waals surface area contributed by atoms with E-state index >= 15 is 0 Å². The van der Waals surface area contributed by atoms with Gasteiger partial charge in [-0.05, 0) is 43.0 Å². The van der Waals surface area contributed by atoms with Crippen molar-refractivity contribution in [2.45, 2.75) is 26.5 Å². The molecule has 1 fully saturated rings. The van der Waals surface area contributed by atoms with E-state index in [2.05, 4.69) is 43.6 Å². The summed E-state index contributed by atoms with van der Waals surface area (Å²) in [5, 5.41) is 3.39. The largest absolute Gasteiger partial charge is 0.398 e. The molecule has 18 heavy (non-hydrogen) atoms. The van der Waals surface area contributed by atoms with Crippen LogP contribution in [0, 0.1) is 20.8 Å². The molecule has 0 bridgehead atoms. The summed E-state index contributed by atoms with van der Waals surface area (Å²) in [5.74, 6) is 0.751. The van der Waals surface area contributed by atoms with E-state index in [0.29, 0.717) is 0 Å². The minimum atomic E-state index is 0.751. The van der Waals surface area contributed by atoms with Crippen LogP contribution >= 0.6 is 12.6 Å². The van der Waals surface area contributed by atoms with E-state index in [1.165, 1.54) is 27.9 Å². The standard InChI is InChI=1S/C14H23N3S/c1-9-12(8-18)10(2)14(11(3)13(9)15)17-6-4-16-5-7-17/h16,18H,4-8,15H2,1-3H3. The van der Waals surface area contributed by atoms with Crippen LogP contribution in [0.5, 0.6) is 0 Å². The van der Waals surface area contributed by atoms with E-state index in [1.807, 2.05) is 0 Å². The Morgan fingerprint density at radius 1 is 1.11 bits per heavy atom. The molecule has 0 amide bonds. The van der Waals surface area contributed by atoms with Crippen LogP contribution in [-0.4, -0.2) is 26.2 Å². The van der Waals surface area contributed by atoms with Crippen LogP contribution < -0.4 is 16.0 Å². The number of nitrogens with one attached hydrogen (secondary N) is 1. The van der Waals surface area contributed by atoms with E-state index in [-0.39, 0.29) is 0 Å². The highest BCUT2D eigenvalue weighted by Gasteiger charge is 2.20. The molecule has 0 aliphatic carbocycles. The lowest BCUT2D eigenvalue weighted by Gasteiger charge is -2.34. The predicted molar refractivity (Wildman–Crippen MR) is 82.8 cm³/mol. The molecule has 1 saturated heterocycles. The van der Waals surface area contributed by atoms with Gasteiger partial charge in [0.15, 0.2) is 0 Å². The van der Waals surface area contributed by atoms with Gasteiger partial charge in [-0.3, -0.25) is 0 Å². The molecule has 0 radical (unpaired) electrons. The van der Waals surface area contributed by atoms with Gasteiger partial charge in [0, 0.05) is 43.3 Å². The van der Waals surface area contributed by atoms with Gasteiger partial charge in [0.05, 0.1) is 0 Å². The van der Waals surface area contributed by atoms with Gasteiger partial charge in [-0.2, -0.15) is 12.6 Å². The van der Waals surface area contributed by atoms with Crippen LogP contribution in [0.25, 0.3) is 0 Å². The van der Waals surface area contributed by atoms with E-state index in [9.17, 15) is 0 Å². The topological polar surface area (TPSA) is 41.3 Å². The van der Waals surface area contributed by atoms with Crippen molar-refractivity contribution in [2.75, 3.05) is 36.8 Å². The zero-order valence-electron chi connectivity index (χ0n) is 11.5. The second-order valence-electron chi connectivity index (χ2n) is 5.01. The third kappa shape index (κ3) is 2.19. The van der Waals surface area contributed by atoms with Gasteiger partial charge in [-0.25, -0.2) is 0 Å². The molecule has 4 heteroatoms. The molecule has 1 aromatic rings. The average molecular weight is 265 g/mol. The summed E-state index contributed by atoms with van der Waals surface area (Å²) in [6.07, 6.45) is 0. The molecule has 0 unspecified atom stereocenters. The summed E-state index contributed by atoms with van der Waals surface area (Å²) < 4.78 is 0. The summed E-state index contributed by atoms with van der Waals surface area (Å²) in [5.41, 5.74) is 13.6. The van der Waals surface area contributed by atoms with E-state index in [1.54, 1.807) is 0 Å². The van der Waals surface area contributed by atoms with Crippen molar-refractivity contribution < 1.29 is 0 Å². The number of nitrogens with two attached hydrogens (primary N) is 1. The molecule has 0 atom stereocenters. The Kier molecular flexibility index (Phi) is 4.07. The highest BCUT2D eigenvalue weighted by Crippen LogP contribution is 2.36. The number of hydrogen-bond donors (Lipinski definition) is 3. The molecule has 3 N–H and O–H groups in total. The number of benzene rings is 1. The first-order valence-corrected chi connectivity index (χ1v) is 7.15. The molecular weight excluding hydrogens is 242 g/mol. The minimum absolute atomic E-state index is 0.751. The van der Waals surface area contributed by atoms with Crippen LogP contribution in [-0.2, 0) is 5.75 Å². The first kappa shape index (κ1) is 13.6. The van der Waals surface area contributed by atoms with Gasteiger partial charge in [0.1, 0.15) is 0 Å². The molecule has 0 aromatic heterocycles. The molecule has 0 spiro atoms. The second kappa shape index (κ2) is 5.41. The molecule has 1 aliphatic rings. The van der Waals surface area contributed by atoms with E-state index in [4.69, 9.17) is 5.73 Å². The van der Waals surface area contributed by atoms with Gasteiger partial charge in [-0.15, -0.1) is 0 Å². The molecule has 100 valence electrons. The first-order valence-electron chi connectivity index (χ1n) is 6.52. The highest BCUT2D eigenvalue weighted by atomic mass is 32.1. The van der Waals surface area contributed by atoms with Crippen LogP contribution in [0.1, 0.15) is 22.3 Å². The Balaban J connectivity index is 2.54. The SMILES string of the molecule is Cc1c(N)c(C)c(N2CCNCC2)c(C)c1CS. The zero-order chi connectivity index (χ0) is 13.3.